The molecule has 0 aromatic carbocycles. The fourth-order valence-electron chi connectivity index (χ4n) is 2.44. The number of rotatable bonds is 4. The van der Waals surface area contributed by atoms with Gasteiger partial charge in [-0.25, -0.2) is 4.79 Å². The number of aryl methyl sites for hydroxylation is 1. The van der Waals surface area contributed by atoms with Crippen LogP contribution in [0.3, 0.4) is 0 Å². The Morgan fingerprint density at radius 1 is 1.47 bits per heavy atom. The molecule has 1 amide bonds. The van der Waals surface area contributed by atoms with Crippen molar-refractivity contribution >= 4 is 11.9 Å². The first kappa shape index (κ1) is 13.6. The quantitative estimate of drug-likeness (QED) is 0.778. The third kappa shape index (κ3) is 3.36. The molecule has 1 aromatic rings. The molecule has 1 aliphatic heterocycles. The van der Waals surface area contributed by atoms with Crippen molar-refractivity contribution < 1.29 is 18.7 Å². The highest BCUT2D eigenvalue weighted by atomic mass is 16.5. The summed E-state index contributed by atoms with van der Waals surface area (Å²) in [5.74, 6) is 0.470. The van der Waals surface area contributed by atoms with Crippen molar-refractivity contribution in [2.45, 2.75) is 38.1 Å². The Labute approximate surface area is 112 Å². The molecule has 1 fully saturated rings. The molecule has 1 aliphatic rings. The maximum absolute atomic E-state index is 12.2. The van der Waals surface area contributed by atoms with Gasteiger partial charge in [0.05, 0.1) is 13.4 Å². The van der Waals surface area contributed by atoms with Crippen LogP contribution in [0, 0.1) is 0 Å². The van der Waals surface area contributed by atoms with Crippen molar-refractivity contribution in [2.24, 2.45) is 0 Å². The molecular weight excluding hydrogens is 246 g/mol. The van der Waals surface area contributed by atoms with Gasteiger partial charge < -0.3 is 14.1 Å². The molecule has 5 heteroatoms. The van der Waals surface area contributed by atoms with Gasteiger partial charge in [-0.05, 0) is 31.4 Å². The van der Waals surface area contributed by atoms with E-state index in [2.05, 4.69) is 0 Å². The van der Waals surface area contributed by atoms with Crippen molar-refractivity contribution in [2.75, 3.05) is 13.7 Å². The number of hydrogen-bond acceptors (Lipinski definition) is 4. The fourth-order valence-corrected chi connectivity index (χ4v) is 2.44. The number of carbonyl (C=O) groups is 2. The topological polar surface area (TPSA) is 59.8 Å². The molecule has 0 saturated carbocycles. The number of hydrogen-bond donors (Lipinski definition) is 0. The summed E-state index contributed by atoms with van der Waals surface area (Å²) in [4.78, 5) is 25.5. The molecular formula is C14H19NO4. The molecule has 0 aliphatic carbocycles. The number of nitrogens with zero attached hydrogens (tertiary/aromatic N) is 1. The first-order valence-corrected chi connectivity index (χ1v) is 6.62. The largest absolute Gasteiger partial charge is 0.469 e. The van der Waals surface area contributed by atoms with Crippen LogP contribution in [0.5, 0.6) is 0 Å². The zero-order valence-electron chi connectivity index (χ0n) is 11.1. The lowest BCUT2D eigenvalue weighted by Gasteiger charge is -2.33. The van der Waals surface area contributed by atoms with E-state index in [1.54, 1.807) is 17.2 Å². The van der Waals surface area contributed by atoms with Gasteiger partial charge in [0.1, 0.15) is 11.8 Å². The Bertz CT molecular complexity index is 427. The number of piperidine rings is 1. The lowest BCUT2D eigenvalue weighted by Crippen LogP contribution is -2.48. The van der Waals surface area contributed by atoms with E-state index in [4.69, 9.17) is 9.15 Å². The zero-order valence-corrected chi connectivity index (χ0v) is 11.1. The minimum Gasteiger partial charge on any atom is -0.469 e. The van der Waals surface area contributed by atoms with Gasteiger partial charge in [0.25, 0.3) is 0 Å². The van der Waals surface area contributed by atoms with Crippen LogP contribution in [-0.4, -0.2) is 36.5 Å². The smallest absolute Gasteiger partial charge is 0.328 e. The van der Waals surface area contributed by atoms with Crippen LogP contribution in [0.1, 0.15) is 31.4 Å². The maximum Gasteiger partial charge on any atom is 0.328 e. The number of carbonyl (C=O) groups excluding carboxylic acids is 2. The number of likely N-dealkylation sites (tertiary alicyclic amines) is 1. The predicted octanol–water partition coefficient (Wildman–Crippen LogP) is 1.77. The summed E-state index contributed by atoms with van der Waals surface area (Å²) in [7, 11) is 1.36. The zero-order chi connectivity index (χ0) is 13.7. The Morgan fingerprint density at radius 2 is 2.32 bits per heavy atom. The van der Waals surface area contributed by atoms with Crippen LogP contribution in [0.4, 0.5) is 0 Å². The van der Waals surface area contributed by atoms with Gasteiger partial charge in [-0.2, -0.15) is 0 Å². The monoisotopic (exact) mass is 265 g/mol. The summed E-state index contributed by atoms with van der Waals surface area (Å²) < 4.78 is 9.97. The van der Waals surface area contributed by atoms with E-state index in [9.17, 15) is 9.59 Å². The van der Waals surface area contributed by atoms with E-state index in [1.807, 2.05) is 6.07 Å². The highest BCUT2D eigenvalue weighted by molar-refractivity contribution is 5.84. The van der Waals surface area contributed by atoms with Crippen LogP contribution in [0.2, 0.25) is 0 Å². The van der Waals surface area contributed by atoms with Crippen LogP contribution < -0.4 is 0 Å². The van der Waals surface area contributed by atoms with Crippen LogP contribution in [0.25, 0.3) is 0 Å². The SMILES string of the molecule is COC(=O)[C@H]1CCCCN1C(=O)CCc1ccco1. The third-order valence-corrected chi connectivity index (χ3v) is 3.46. The van der Waals surface area contributed by atoms with E-state index in [-0.39, 0.29) is 11.9 Å². The van der Waals surface area contributed by atoms with Crippen LogP contribution in [-0.2, 0) is 20.7 Å². The average molecular weight is 265 g/mol. The molecule has 0 spiro atoms. The number of ether oxygens (including phenoxy) is 1. The van der Waals surface area contributed by atoms with Gasteiger partial charge in [-0.3, -0.25) is 4.79 Å². The summed E-state index contributed by atoms with van der Waals surface area (Å²) >= 11 is 0. The minimum absolute atomic E-state index is 0.00787. The van der Waals surface area contributed by atoms with Gasteiger partial charge >= 0.3 is 5.97 Å². The van der Waals surface area contributed by atoms with Crippen molar-refractivity contribution in [3.63, 3.8) is 0 Å². The Balaban J connectivity index is 1.93. The van der Waals surface area contributed by atoms with Crippen molar-refractivity contribution in [1.82, 2.24) is 4.90 Å². The highest BCUT2D eigenvalue weighted by Gasteiger charge is 2.32. The lowest BCUT2D eigenvalue weighted by molar-refractivity contribution is -0.154. The predicted molar refractivity (Wildman–Crippen MR) is 68.4 cm³/mol. The fraction of sp³-hybridized carbons (Fsp3) is 0.571. The van der Waals surface area contributed by atoms with Gasteiger partial charge in [0, 0.05) is 19.4 Å². The first-order valence-electron chi connectivity index (χ1n) is 6.62. The average Bonchev–Trinajstić information content (AvgIpc) is 2.97. The van der Waals surface area contributed by atoms with E-state index in [0.29, 0.717) is 25.8 Å². The maximum atomic E-state index is 12.2. The van der Waals surface area contributed by atoms with Gasteiger partial charge in [-0.15, -0.1) is 0 Å². The van der Waals surface area contributed by atoms with E-state index < -0.39 is 6.04 Å². The number of furan rings is 1. The number of amides is 1. The standard InChI is InChI=1S/C14H19NO4/c1-18-14(17)12-6-2-3-9-15(12)13(16)8-7-11-5-4-10-19-11/h4-5,10,12H,2-3,6-9H2,1H3/t12-/m1/s1. The molecule has 2 heterocycles. The third-order valence-electron chi connectivity index (χ3n) is 3.46. The summed E-state index contributed by atoms with van der Waals surface area (Å²) in [6, 6.07) is 3.24. The molecule has 19 heavy (non-hydrogen) atoms. The number of methoxy groups -OCH3 is 1. The molecule has 0 radical (unpaired) electrons. The summed E-state index contributed by atoms with van der Waals surface area (Å²) in [5.41, 5.74) is 0. The van der Waals surface area contributed by atoms with Crippen molar-refractivity contribution in [3.05, 3.63) is 24.2 Å². The molecule has 5 nitrogen and oxygen atoms in total. The number of esters is 1. The second-order valence-corrected chi connectivity index (χ2v) is 4.70. The molecule has 1 saturated heterocycles. The van der Waals surface area contributed by atoms with Gasteiger partial charge in [0.2, 0.25) is 5.91 Å². The molecule has 0 unspecified atom stereocenters. The minimum atomic E-state index is -0.414. The summed E-state index contributed by atoms with van der Waals surface area (Å²) in [5, 5.41) is 0. The Kier molecular flexibility index (Phi) is 4.60. The van der Waals surface area contributed by atoms with E-state index in [1.165, 1.54) is 7.11 Å². The van der Waals surface area contributed by atoms with Gasteiger partial charge in [-0.1, -0.05) is 0 Å². The highest BCUT2D eigenvalue weighted by Crippen LogP contribution is 2.19. The molecule has 1 aromatic heterocycles. The van der Waals surface area contributed by atoms with Crippen LogP contribution >= 0.6 is 0 Å². The van der Waals surface area contributed by atoms with Crippen molar-refractivity contribution in [3.8, 4) is 0 Å². The Morgan fingerprint density at radius 3 is 3.00 bits per heavy atom. The molecule has 2 rings (SSSR count). The molecule has 0 N–H and O–H groups in total. The molecule has 104 valence electrons. The van der Waals surface area contributed by atoms with E-state index >= 15 is 0 Å². The second-order valence-electron chi connectivity index (χ2n) is 4.70. The lowest BCUT2D eigenvalue weighted by atomic mass is 10.0. The van der Waals surface area contributed by atoms with Crippen LogP contribution in [0.15, 0.2) is 22.8 Å². The summed E-state index contributed by atoms with van der Waals surface area (Å²) in [6.45, 7) is 0.636. The van der Waals surface area contributed by atoms with E-state index in [0.717, 1.165) is 18.6 Å². The normalized spacial score (nSPS) is 19.2. The Hall–Kier alpha value is -1.78. The molecule has 1 atom stereocenters. The molecule has 0 bridgehead atoms. The van der Waals surface area contributed by atoms with Crippen molar-refractivity contribution in [1.29, 1.82) is 0 Å². The summed E-state index contributed by atoms with van der Waals surface area (Å²) in [6.07, 6.45) is 5.12. The first-order chi connectivity index (χ1) is 9.22. The second kappa shape index (κ2) is 6.41. The van der Waals surface area contributed by atoms with Gasteiger partial charge in [0.15, 0.2) is 0 Å².